The minimum atomic E-state index is -0.702. The average molecular weight is 318 g/mol. The van der Waals surface area contributed by atoms with Gasteiger partial charge in [-0.1, -0.05) is 38.3 Å². The molecule has 23 heavy (non-hydrogen) atoms. The van der Waals surface area contributed by atoms with Crippen LogP contribution in [0.25, 0.3) is 0 Å². The average Bonchev–Trinajstić information content (AvgIpc) is 2.58. The van der Waals surface area contributed by atoms with Gasteiger partial charge in [-0.2, -0.15) is 0 Å². The number of esters is 1. The van der Waals surface area contributed by atoms with E-state index in [1.54, 1.807) is 24.3 Å². The molecule has 0 aliphatic heterocycles. The second-order valence-corrected chi connectivity index (χ2v) is 5.54. The molecule has 0 saturated heterocycles. The summed E-state index contributed by atoms with van der Waals surface area (Å²) in [7, 11) is 1.33. The maximum Gasteiger partial charge on any atom is 0.337 e. The molecular weight excluding hydrogens is 292 g/mol. The molecule has 1 aromatic rings. The van der Waals surface area contributed by atoms with Crippen molar-refractivity contribution in [3.63, 3.8) is 0 Å². The first-order valence-corrected chi connectivity index (χ1v) is 8.08. The van der Waals surface area contributed by atoms with E-state index in [1.165, 1.54) is 7.11 Å². The molecule has 0 aliphatic carbocycles. The van der Waals surface area contributed by atoms with Gasteiger partial charge in [0.1, 0.15) is 0 Å². The van der Waals surface area contributed by atoms with Crippen LogP contribution in [-0.4, -0.2) is 29.4 Å². The fourth-order valence-corrected chi connectivity index (χ4v) is 2.17. The van der Waals surface area contributed by atoms with Gasteiger partial charge in [-0.05, 0) is 24.1 Å². The molecule has 0 spiro atoms. The van der Waals surface area contributed by atoms with Gasteiger partial charge in [0.05, 0.1) is 24.9 Å². The number of aliphatic hydroxyl groups is 2. The zero-order valence-electron chi connectivity index (χ0n) is 13.9. The van der Waals surface area contributed by atoms with Gasteiger partial charge in [0.15, 0.2) is 0 Å². The molecule has 4 heteroatoms. The Morgan fingerprint density at radius 3 is 2.39 bits per heavy atom. The Morgan fingerprint density at radius 1 is 1.13 bits per heavy atom. The summed E-state index contributed by atoms with van der Waals surface area (Å²) in [5.74, 6) is 5.42. The molecule has 0 heterocycles. The first kappa shape index (κ1) is 19.2. The van der Waals surface area contributed by atoms with E-state index in [1.807, 2.05) is 0 Å². The van der Waals surface area contributed by atoms with Crippen molar-refractivity contribution in [1.29, 1.82) is 0 Å². The van der Waals surface area contributed by atoms with E-state index in [9.17, 15) is 15.0 Å². The van der Waals surface area contributed by atoms with Crippen molar-refractivity contribution in [2.24, 2.45) is 0 Å². The van der Waals surface area contributed by atoms with Crippen molar-refractivity contribution >= 4 is 5.97 Å². The molecule has 4 nitrogen and oxygen atoms in total. The standard InChI is InChI=1S/C19H26O4/c1-3-4-5-8-17(20)9-6-7-10-18(21)15-11-13-16(14-12-15)19(22)23-2/h11-14,17-18,20-21H,3-5,8-10H2,1-2H3/t17-,18-/m1/s1. The van der Waals surface area contributed by atoms with E-state index < -0.39 is 12.1 Å². The van der Waals surface area contributed by atoms with Gasteiger partial charge in [-0.15, -0.1) is 11.8 Å². The number of hydrogen-bond acceptors (Lipinski definition) is 4. The Hall–Kier alpha value is -1.83. The summed E-state index contributed by atoms with van der Waals surface area (Å²) in [5.41, 5.74) is 1.15. The number of unbranched alkanes of at least 4 members (excludes halogenated alkanes) is 2. The summed E-state index contributed by atoms with van der Waals surface area (Å²) in [5, 5.41) is 19.8. The summed E-state index contributed by atoms with van der Waals surface area (Å²) in [6.07, 6.45) is 3.73. The molecule has 0 aliphatic rings. The van der Waals surface area contributed by atoms with Gasteiger partial charge in [0.2, 0.25) is 0 Å². The molecule has 0 bridgehead atoms. The SMILES string of the molecule is CCCCC[C@@H](O)CC#CC[C@@H](O)c1ccc(C(=O)OC)cc1. The lowest BCUT2D eigenvalue weighted by molar-refractivity contribution is 0.0600. The van der Waals surface area contributed by atoms with E-state index >= 15 is 0 Å². The molecule has 126 valence electrons. The Labute approximate surface area is 138 Å². The number of rotatable bonds is 8. The van der Waals surface area contributed by atoms with Crippen LogP contribution in [-0.2, 0) is 4.74 Å². The third kappa shape index (κ3) is 7.32. The Morgan fingerprint density at radius 2 is 1.78 bits per heavy atom. The third-order valence-electron chi connectivity index (χ3n) is 3.62. The minimum absolute atomic E-state index is 0.305. The van der Waals surface area contributed by atoms with E-state index in [-0.39, 0.29) is 6.10 Å². The van der Waals surface area contributed by atoms with Gasteiger partial charge < -0.3 is 14.9 Å². The van der Waals surface area contributed by atoms with Crippen LogP contribution in [0.15, 0.2) is 24.3 Å². The maximum atomic E-state index is 11.3. The highest BCUT2D eigenvalue weighted by Crippen LogP contribution is 2.17. The number of ether oxygens (including phenoxy) is 1. The van der Waals surface area contributed by atoms with Crippen LogP contribution < -0.4 is 0 Å². The van der Waals surface area contributed by atoms with Gasteiger partial charge in [-0.25, -0.2) is 4.79 Å². The molecule has 0 amide bonds. The van der Waals surface area contributed by atoms with Crippen LogP contribution in [0.3, 0.4) is 0 Å². The van der Waals surface area contributed by atoms with Gasteiger partial charge >= 0.3 is 5.97 Å². The van der Waals surface area contributed by atoms with Gasteiger partial charge in [0, 0.05) is 12.8 Å². The molecule has 0 radical (unpaired) electrons. The Balaban J connectivity index is 2.40. The summed E-state index contributed by atoms with van der Waals surface area (Å²) in [6.45, 7) is 2.13. The highest BCUT2D eigenvalue weighted by molar-refractivity contribution is 5.89. The Bertz CT molecular complexity index is 525. The number of carbonyl (C=O) groups excluding carboxylic acids is 1. The van der Waals surface area contributed by atoms with Crippen LogP contribution in [0.4, 0.5) is 0 Å². The highest BCUT2D eigenvalue weighted by atomic mass is 16.5. The lowest BCUT2D eigenvalue weighted by atomic mass is 10.0. The first-order valence-electron chi connectivity index (χ1n) is 8.08. The van der Waals surface area contributed by atoms with E-state index in [0.29, 0.717) is 24.0 Å². The smallest absolute Gasteiger partial charge is 0.337 e. The fraction of sp³-hybridized carbons (Fsp3) is 0.526. The molecule has 0 unspecified atom stereocenters. The summed E-state index contributed by atoms with van der Waals surface area (Å²) >= 11 is 0. The maximum absolute atomic E-state index is 11.3. The lowest BCUT2D eigenvalue weighted by Gasteiger charge is -2.08. The second kappa shape index (κ2) is 10.8. The van der Waals surface area contributed by atoms with E-state index in [4.69, 9.17) is 0 Å². The van der Waals surface area contributed by atoms with Crippen molar-refractivity contribution < 1.29 is 19.7 Å². The van der Waals surface area contributed by atoms with Crippen LogP contribution in [0, 0.1) is 11.8 Å². The van der Waals surface area contributed by atoms with Crippen molar-refractivity contribution in [3.8, 4) is 11.8 Å². The fourth-order valence-electron chi connectivity index (χ4n) is 2.17. The zero-order chi connectivity index (χ0) is 17.1. The second-order valence-electron chi connectivity index (χ2n) is 5.54. The summed E-state index contributed by atoms with van der Waals surface area (Å²) in [4.78, 5) is 11.3. The quantitative estimate of drug-likeness (QED) is 0.439. The summed E-state index contributed by atoms with van der Waals surface area (Å²) < 4.78 is 4.63. The number of carbonyl (C=O) groups is 1. The van der Waals surface area contributed by atoms with Gasteiger partial charge in [0.25, 0.3) is 0 Å². The van der Waals surface area contributed by atoms with Crippen LogP contribution in [0.5, 0.6) is 0 Å². The first-order chi connectivity index (χ1) is 11.1. The predicted molar refractivity (Wildman–Crippen MR) is 89.9 cm³/mol. The lowest BCUT2D eigenvalue weighted by Crippen LogP contribution is -2.04. The predicted octanol–water partition coefficient (Wildman–Crippen LogP) is 3.23. The van der Waals surface area contributed by atoms with Crippen molar-refractivity contribution in [3.05, 3.63) is 35.4 Å². The van der Waals surface area contributed by atoms with Crippen molar-refractivity contribution in [2.45, 2.75) is 57.7 Å². The Kier molecular flexibility index (Phi) is 9.04. The largest absolute Gasteiger partial charge is 0.465 e. The third-order valence-corrected chi connectivity index (χ3v) is 3.62. The monoisotopic (exact) mass is 318 g/mol. The van der Waals surface area contributed by atoms with Gasteiger partial charge in [-0.3, -0.25) is 0 Å². The van der Waals surface area contributed by atoms with Crippen LogP contribution >= 0.6 is 0 Å². The van der Waals surface area contributed by atoms with E-state index in [0.717, 1.165) is 25.7 Å². The number of benzene rings is 1. The summed E-state index contributed by atoms with van der Waals surface area (Å²) in [6, 6.07) is 6.63. The normalized spacial score (nSPS) is 12.9. The van der Waals surface area contributed by atoms with E-state index in [2.05, 4.69) is 23.5 Å². The number of aliphatic hydroxyl groups excluding tert-OH is 2. The molecule has 0 saturated carbocycles. The molecule has 2 atom stereocenters. The highest BCUT2D eigenvalue weighted by Gasteiger charge is 2.09. The number of hydrogen-bond donors (Lipinski definition) is 2. The molecule has 0 fully saturated rings. The van der Waals surface area contributed by atoms with Crippen molar-refractivity contribution in [2.75, 3.05) is 7.11 Å². The minimum Gasteiger partial charge on any atom is -0.465 e. The van der Waals surface area contributed by atoms with Crippen molar-refractivity contribution in [1.82, 2.24) is 0 Å². The molecule has 1 rings (SSSR count). The molecule has 1 aromatic carbocycles. The molecule has 2 N–H and O–H groups in total. The zero-order valence-corrected chi connectivity index (χ0v) is 13.9. The van der Waals surface area contributed by atoms with Crippen LogP contribution in [0.2, 0.25) is 0 Å². The topological polar surface area (TPSA) is 66.8 Å². The number of methoxy groups -OCH3 is 1. The molecular formula is C19H26O4. The van der Waals surface area contributed by atoms with Crippen LogP contribution in [0.1, 0.15) is 67.5 Å². The molecule has 0 aromatic heterocycles.